The van der Waals surface area contributed by atoms with Gasteiger partial charge in [-0.25, -0.2) is 9.97 Å². The maximum atomic E-state index is 4.31. The minimum absolute atomic E-state index is 0.817. The van der Waals surface area contributed by atoms with Crippen molar-refractivity contribution in [3.8, 4) is 0 Å². The Hall–Kier alpha value is -2.10. The predicted octanol–water partition coefficient (Wildman–Crippen LogP) is 2.90. The molecule has 2 aromatic rings. The first-order chi connectivity index (χ1) is 8.61. The summed E-state index contributed by atoms with van der Waals surface area (Å²) in [4.78, 5) is 10.5. The third kappa shape index (κ3) is 2.42. The lowest BCUT2D eigenvalue weighted by atomic mass is 10.1. The molecule has 0 amide bonds. The van der Waals surface area contributed by atoms with Gasteiger partial charge in [-0.05, 0) is 31.0 Å². The Bertz CT molecular complexity index is 551. The summed E-state index contributed by atoms with van der Waals surface area (Å²) in [7, 11) is 3.87. The summed E-state index contributed by atoms with van der Waals surface area (Å²) >= 11 is 0. The van der Waals surface area contributed by atoms with Gasteiger partial charge in [0.05, 0.1) is 0 Å². The third-order valence-corrected chi connectivity index (χ3v) is 2.98. The van der Waals surface area contributed by atoms with Gasteiger partial charge in [0.2, 0.25) is 0 Å². The first-order valence-corrected chi connectivity index (χ1v) is 5.92. The van der Waals surface area contributed by atoms with Gasteiger partial charge < -0.3 is 10.2 Å². The Morgan fingerprint density at radius 2 is 1.89 bits per heavy atom. The van der Waals surface area contributed by atoms with Crippen LogP contribution in [-0.4, -0.2) is 24.1 Å². The second-order valence-corrected chi connectivity index (χ2v) is 4.36. The van der Waals surface area contributed by atoms with Crippen LogP contribution >= 0.6 is 0 Å². The van der Waals surface area contributed by atoms with Crippen molar-refractivity contribution in [1.29, 1.82) is 0 Å². The van der Waals surface area contributed by atoms with E-state index in [0.717, 1.165) is 17.3 Å². The van der Waals surface area contributed by atoms with Crippen LogP contribution in [0.4, 0.5) is 17.3 Å². The molecule has 0 bridgehead atoms. The molecule has 0 spiro atoms. The third-order valence-electron chi connectivity index (χ3n) is 2.98. The second-order valence-electron chi connectivity index (χ2n) is 4.36. The molecule has 2 rings (SSSR count). The molecule has 1 heterocycles. The van der Waals surface area contributed by atoms with Crippen LogP contribution in [0.3, 0.4) is 0 Å². The molecule has 4 nitrogen and oxygen atoms in total. The highest BCUT2D eigenvalue weighted by atomic mass is 15.2. The molecule has 0 radical (unpaired) electrons. The summed E-state index contributed by atoms with van der Waals surface area (Å²) < 4.78 is 0. The molecule has 0 aliphatic rings. The zero-order valence-corrected chi connectivity index (χ0v) is 11.2. The highest BCUT2D eigenvalue weighted by molar-refractivity contribution is 5.65. The van der Waals surface area contributed by atoms with Crippen molar-refractivity contribution in [2.45, 2.75) is 13.8 Å². The number of nitrogens with zero attached hydrogens (tertiary/aromatic N) is 3. The van der Waals surface area contributed by atoms with E-state index in [9.17, 15) is 0 Å². The molecule has 0 atom stereocenters. The molecule has 1 N–H and O–H groups in total. The molecule has 1 aromatic carbocycles. The number of hydrogen-bond acceptors (Lipinski definition) is 4. The Morgan fingerprint density at radius 1 is 1.11 bits per heavy atom. The second kappa shape index (κ2) is 5.04. The van der Waals surface area contributed by atoms with Crippen LogP contribution < -0.4 is 10.2 Å². The van der Waals surface area contributed by atoms with Gasteiger partial charge >= 0.3 is 0 Å². The van der Waals surface area contributed by atoms with E-state index in [2.05, 4.69) is 52.2 Å². The topological polar surface area (TPSA) is 41.0 Å². The van der Waals surface area contributed by atoms with Crippen LogP contribution in [0.2, 0.25) is 0 Å². The lowest BCUT2D eigenvalue weighted by molar-refractivity contribution is 1.07. The lowest BCUT2D eigenvalue weighted by Crippen LogP contribution is -2.13. The number of hydrogen-bond donors (Lipinski definition) is 1. The minimum atomic E-state index is 0.817. The zero-order chi connectivity index (χ0) is 13.1. The fourth-order valence-electron chi connectivity index (χ4n) is 1.87. The normalized spacial score (nSPS) is 10.2. The fourth-order valence-corrected chi connectivity index (χ4v) is 1.87. The molecule has 0 saturated heterocycles. The predicted molar refractivity (Wildman–Crippen MR) is 75.6 cm³/mol. The zero-order valence-electron chi connectivity index (χ0n) is 11.2. The van der Waals surface area contributed by atoms with E-state index in [0.29, 0.717) is 0 Å². The Kier molecular flexibility index (Phi) is 3.46. The van der Waals surface area contributed by atoms with Gasteiger partial charge in [-0.2, -0.15) is 0 Å². The lowest BCUT2D eigenvalue weighted by Gasteiger charge is -2.21. The van der Waals surface area contributed by atoms with E-state index in [1.807, 2.05) is 20.2 Å². The molecule has 0 aliphatic carbocycles. The van der Waals surface area contributed by atoms with Crippen LogP contribution in [0, 0.1) is 13.8 Å². The molecule has 0 aliphatic heterocycles. The standard InChI is InChI=1S/C14H18N4/c1-10-5-6-11(2)12(7-10)18(4)14-8-13(15-3)16-9-17-14/h5-9H,1-4H3,(H,15,16,17). The van der Waals surface area contributed by atoms with Gasteiger partial charge in [0, 0.05) is 25.8 Å². The van der Waals surface area contributed by atoms with Gasteiger partial charge in [0.1, 0.15) is 18.0 Å². The molecule has 0 saturated carbocycles. The van der Waals surface area contributed by atoms with Crippen molar-refractivity contribution in [3.63, 3.8) is 0 Å². The summed E-state index contributed by atoms with van der Waals surface area (Å²) in [6, 6.07) is 8.34. The number of aryl methyl sites for hydroxylation is 2. The summed E-state index contributed by atoms with van der Waals surface area (Å²) in [5.41, 5.74) is 3.63. The number of benzene rings is 1. The van der Waals surface area contributed by atoms with Crippen LogP contribution in [0.25, 0.3) is 0 Å². The van der Waals surface area contributed by atoms with Crippen molar-refractivity contribution in [2.24, 2.45) is 0 Å². The molecule has 4 heteroatoms. The molecule has 1 aromatic heterocycles. The molecule has 0 fully saturated rings. The molecular weight excluding hydrogens is 224 g/mol. The van der Waals surface area contributed by atoms with E-state index in [1.54, 1.807) is 6.33 Å². The maximum Gasteiger partial charge on any atom is 0.138 e. The smallest absolute Gasteiger partial charge is 0.138 e. The molecule has 94 valence electrons. The van der Waals surface area contributed by atoms with Crippen LogP contribution in [-0.2, 0) is 0 Å². The summed E-state index contributed by atoms with van der Waals surface area (Å²) in [5, 5.41) is 3.02. The van der Waals surface area contributed by atoms with E-state index in [1.165, 1.54) is 11.1 Å². The van der Waals surface area contributed by atoms with Gasteiger partial charge in [0.25, 0.3) is 0 Å². The monoisotopic (exact) mass is 242 g/mol. The van der Waals surface area contributed by atoms with Crippen LogP contribution in [0.1, 0.15) is 11.1 Å². The average Bonchev–Trinajstić information content (AvgIpc) is 2.41. The highest BCUT2D eigenvalue weighted by Gasteiger charge is 2.09. The molecular formula is C14H18N4. The van der Waals surface area contributed by atoms with E-state index in [4.69, 9.17) is 0 Å². The minimum Gasteiger partial charge on any atom is -0.373 e. The van der Waals surface area contributed by atoms with Gasteiger partial charge in [-0.3, -0.25) is 0 Å². The van der Waals surface area contributed by atoms with Crippen LogP contribution in [0.5, 0.6) is 0 Å². The van der Waals surface area contributed by atoms with Crippen molar-refractivity contribution < 1.29 is 0 Å². The quantitative estimate of drug-likeness (QED) is 0.898. The van der Waals surface area contributed by atoms with Crippen molar-refractivity contribution in [1.82, 2.24) is 9.97 Å². The molecule has 0 unspecified atom stereocenters. The first-order valence-electron chi connectivity index (χ1n) is 5.92. The van der Waals surface area contributed by atoms with Gasteiger partial charge in [0.15, 0.2) is 0 Å². The fraction of sp³-hybridized carbons (Fsp3) is 0.286. The van der Waals surface area contributed by atoms with E-state index < -0.39 is 0 Å². The average molecular weight is 242 g/mol. The van der Waals surface area contributed by atoms with Crippen LogP contribution in [0.15, 0.2) is 30.6 Å². The summed E-state index contributed by atoms with van der Waals surface area (Å²) in [6.45, 7) is 4.20. The SMILES string of the molecule is CNc1cc(N(C)c2cc(C)ccc2C)ncn1. The highest BCUT2D eigenvalue weighted by Crippen LogP contribution is 2.26. The Morgan fingerprint density at radius 3 is 2.61 bits per heavy atom. The van der Waals surface area contributed by atoms with Gasteiger partial charge in [-0.15, -0.1) is 0 Å². The first kappa shape index (κ1) is 12.4. The largest absolute Gasteiger partial charge is 0.373 e. The summed E-state index contributed by atoms with van der Waals surface area (Å²) in [5.74, 6) is 1.69. The number of anilines is 3. The Labute approximate surface area is 108 Å². The maximum absolute atomic E-state index is 4.31. The van der Waals surface area contributed by atoms with Crippen molar-refractivity contribution >= 4 is 17.3 Å². The van der Waals surface area contributed by atoms with Gasteiger partial charge in [-0.1, -0.05) is 12.1 Å². The Balaban J connectivity index is 2.40. The summed E-state index contributed by atoms with van der Waals surface area (Å²) in [6.07, 6.45) is 1.57. The van der Waals surface area contributed by atoms with E-state index in [-0.39, 0.29) is 0 Å². The van der Waals surface area contributed by atoms with Crippen molar-refractivity contribution in [3.05, 3.63) is 41.7 Å². The van der Waals surface area contributed by atoms with E-state index >= 15 is 0 Å². The van der Waals surface area contributed by atoms with Crippen molar-refractivity contribution in [2.75, 3.05) is 24.3 Å². The molecule has 18 heavy (non-hydrogen) atoms. The number of aromatic nitrogens is 2. The number of nitrogens with one attached hydrogen (secondary N) is 1. The number of rotatable bonds is 3.